The fraction of sp³-hybridized carbons (Fsp3) is 0.429. The van der Waals surface area contributed by atoms with Crippen LogP contribution in [0.4, 0.5) is 0 Å². The van der Waals surface area contributed by atoms with Crippen LogP contribution >= 0.6 is 0 Å². The van der Waals surface area contributed by atoms with Crippen molar-refractivity contribution in [1.82, 2.24) is 0 Å². The van der Waals surface area contributed by atoms with Crippen LogP contribution in [0.2, 0.25) is 0 Å². The number of esters is 2. The molecule has 1 aliphatic carbocycles. The molecule has 0 amide bonds. The average Bonchev–Trinajstić information content (AvgIpc) is 2.35. The lowest BCUT2D eigenvalue weighted by Crippen LogP contribution is -2.42. The minimum absolute atomic E-state index is 0.199. The molecule has 0 aliphatic heterocycles. The molecule has 0 spiro atoms. The van der Waals surface area contributed by atoms with E-state index in [1.165, 1.54) is 14.2 Å². The summed E-state index contributed by atoms with van der Waals surface area (Å²) in [7, 11) is 2.52. The number of hydrogen-bond donors (Lipinski definition) is 0. The Morgan fingerprint density at radius 2 is 1.78 bits per heavy atom. The number of carbonyl (C=O) groups excluding carboxylic acids is 2. The Kier molecular flexibility index (Phi) is 4.11. The Hall–Kier alpha value is -1.84. The third-order valence-corrected chi connectivity index (χ3v) is 3.16. The monoisotopic (exact) mass is 250 g/mol. The number of hydrogen-bond acceptors (Lipinski definition) is 4. The van der Waals surface area contributed by atoms with Gasteiger partial charge >= 0.3 is 11.9 Å². The minimum Gasteiger partial charge on any atom is -0.468 e. The second-order valence-corrected chi connectivity index (χ2v) is 4.45. The molecule has 4 heteroatoms. The lowest BCUT2D eigenvalue weighted by molar-refractivity contribution is -0.169. The molecule has 0 aromatic carbocycles. The van der Waals surface area contributed by atoms with Gasteiger partial charge in [0.2, 0.25) is 0 Å². The lowest BCUT2D eigenvalue weighted by atomic mass is 9.72. The molecule has 0 radical (unpaired) electrons. The highest BCUT2D eigenvalue weighted by atomic mass is 16.5. The molecule has 0 saturated heterocycles. The molecule has 0 N–H and O–H groups in total. The predicted octanol–water partition coefficient (Wildman–Crippen LogP) is 2.17. The van der Waals surface area contributed by atoms with E-state index in [1.807, 2.05) is 6.92 Å². The zero-order valence-electron chi connectivity index (χ0n) is 11.0. The van der Waals surface area contributed by atoms with Gasteiger partial charge in [0.25, 0.3) is 0 Å². The van der Waals surface area contributed by atoms with Gasteiger partial charge in [-0.1, -0.05) is 24.8 Å². The first-order valence-corrected chi connectivity index (χ1v) is 5.60. The molecule has 4 nitrogen and oxygen atoms in total. The van der Waals surface area contributed by atoms with Crippen molar-refractivity contribution in [3.05, 3.63) is 36.0 Å². The van der Waals surface area contributed by atoms with Gasteiger partial charge in [-0.05, 0) is 30.9 Å². The van der Waals surface area contributed by atoms with Crippen molar-refractivity contribution >= 4 is 11.9 Å². The van der Waals surface area contributed by atoms with Crippen LogP contribution in [0.5, 0.6) is 0 Å². The summed E-state index contributed by atoms with van der Waals surface area (Å²) in [5.41, 5.74) is 1.16. The Morgan fingerprint density at radius 1 is 1.28 bits per heavy atom. The highest BCUT2D eigenvalue weighted by molar-refractivity contribution is 6.01. The number of rotatable bonds is 3. The van der Waals surface area contributed by atoms with Gasteiger partial charge in [-0.15, -0.1) is 0 Å². The first-order chi connectivity index (χ1) is 8.39. The van der Waals surface area contributed by atoms with E-state index >= 15 is 0 Å². The molecular weight excluding hydrogens is 232 g/mol. The molecule has 0 heterocycles. The van der Waals surface area contributed by atoms with Gasteiger partial charge in [-0.2, -0.15) is 0 Å². The van der Waals surface area contributed by atoms with Crippen LogP contribution in [0, 0.1) is 5.41 Å². The maximum absolute atomic E-state index is 11.9. The standard InChI is InChI=1S/C14H18O4/c1-9(2)11-6-7-14(8-10(11)3,12(15)17-4)13(16)18-5/h6H,1,3,7-8H2,2,4-5H3. The molecular formula is C14H18O4. The molecule has 0 atom stereocenters. The van der Waals surface area contributed by atoms with Crippen molar-refractivity contribution in [2.45, 2.75) is 19.8 Å². The van der Waals surface area contributed by atoms with Gasteiger partial charge in [-0.3, -0.25) is 9.59 Å². The van der Waals surface area contributed by atoms with E-state index in [0.717, 1.165) is 11.1 Å². The molecule has 0 fully saturated rings. The van der Waals surface area contributed by atoms with E-state index in [-0.39, 0.29) is 12.8 Å². The summed E-state index contributed by atoms with van der Waals surface area (Å²) in [5, 5.41) is 0. The third-order valence-electron chi connectivity index (χ3n) is 3.16. The van der Waals surface area contributed by atoms with Gasteiger partial charge in [0.05, 0.1) is 14.2 Å². The molecule has 0 saturated carbocycles. The summed E-state index contributed by atoms with van der Waals surface area (Å²) < 4.78 is 9.46. The van der Waals surface area contributed by atoms with Crippen LogP contribution in [-0.4, -0.2) is 26.2 Å². The quantitative estimate of drug-likeness (QED) is 0.569. The molecule has 0 unspecified atom stereocenters. The van der Waals surface area contributed by atoms with Crippen molar-refractivity contribution in [3.63, 3.8) is 0 Å². The second-order valence-electron chi connectivity index (χ2n) is 4.45. The fourth-order valence-corrected chi connectivity index (χ4v) is 2.21. The van der Waals surface area contributed by atoms with Crippen LogP contribution < -0.4 is 0 Å². The number of ether oxygens (including phenoxy) is 2. The molecule has 0 bridgehead atoms. The van der Waals surface area contributed by atoms with Gasteiger partial charge in [-0.25, -0.2) is 0 Å². The molecule has 0 aromatic heterocycles. The van der Waals surface area contributed by atoms with Crippen LogP contribution in [0.15, 0.2) is 36.0 Å². The van der Waals surface area contributed by atoms with Gasteiger partial charge < -0.3 is 9.47 Å². The topological polar surface area (TPSA) is 52.6 Å². The Balaban J connectivity index is 3.20. The summed E-state index contributed by atoms with van der Waals surface area (Å²) in [6.45, 7) is 9.61. The molecule has 1 aliphatic rings. The summed E-state index contributed by atoms with van der Waals surface area (Å²) in [6.07, 6.45) is 2.24. The molecule has 18 heavy (non-hydrogen) atoms. The van der Waals surface area contributed by atoms with Gasteiger partial charge in [0, 0.05) is 0 Å². The summed E-state index contributed by atoms with van der Waals surface area (Å²) >= 11 is 0. The van der Waals surface area contributed by atoms with Crippen LogP contribution in [0.25, 0.3) is 0 Å². The van der Waals surface area contributed by atoms with E-state index in [9.17, 15) is 9.59 Å². The summed E-state index contributed by atoms with van der Waals surface area (Å²) in [4.78, 5) is 23.8. The van der Waals surface area contributed by atoms with E-state index < -0.39 is 17.4 Å². The van der Waals surface area contributed by atoms with E-state index in [0.29, 0.717) is 5.57 Å². The van der Waals surface area contributed by atoms with E-state index in [2.05, 4.69) is 13.2 Å². The average molecular weight is 250 g/mol. The van der Waals surface area contributed by atoms with Crippen molar-refractivity contribution in [2.24, 2.45) is 5.41 Å². The second kappa shape index (κ2) is 5.21. The summed E-state index contributed by atoms with van der Waals surface area (Å²) in [5.74, 6) is -1.18. The molecule has 98 valence electrons. The Morgan fingerprint density at radius 3 is 2.11 bits per heavy atom. The van der Waals surface area contributed by atoms with Gasteiger partial charge in [0.1, 0.15) is 0 Å². The van der Waals surface area contributed by atoms with Gasteiger partial charge in [0.15, 0.2) is 5.41 Å². The highest BCUT2D eigenvalue weighted by Crippen LogP contribution is 2.41. The maximum Gasteiger partial charge on any atom is 0.323 e. The van der Waals surface area contributed by atoms with Crippen molar-refractivity contribution in [2.75, 3.05) is 14.2 Å². The fourth-order valence-electron chi connectivity index (χ4n) is 2.21. The first-order valence-electron chi connectivity index (χ1n) is 5.60. The van der Waals surface area contributed by atoms with E-state index in [4.69, 9.17) is 9.47 Å². The Labute approximate surface area is 107 Å². The van der Waals surface area contributed by atoms with Crippen molar-refractivity contribution in [3.8, 4) is 0 Å². The minimum atomic E-state index is -1.31. The van der Waals surface area contributed by atoms with Crippen molar-refractivity contribution < 1.29 is 19.1 Å². The third kappa shape index (κ3) is 2.23. The van der Waals surface area contributed by atoms with E-state index in [1.54, 1.807) is 6.08 Å². The zero-order valence-corrected chi connectivity index (χ0v) is 11.0. The zero-order chi connectivity index (χ0) is 13.9. The number of allylic oxidation sites excluding steroid dienone is 4. The number of carbonyl (C=O) groups is 2. The highest BCUT2D eigenvalue weighted by Gasteiger charge is 2.49. The molecule has 0 aromatic rings. The largest absolute Gasteiger partial charge is 0.468 e. The van der Waals surface area contributed by atoms with Crippen LogP contribution in [0.1, 0.15) is 19.8 Å². The lowest BCUT2D eigenvalue weighted by Gasteiger charge is -2.32. The van der Waals surface area contributed by atoms with Crippen LogP contribution in [0.3, 0.4) is 0 Å². The first kappa shape index (κ1) is 14.2. The predicted molar refractivity (Wildman–Crippen MR) is 67.7 cm³/mol. The number of methoxy groups -OCH3 is 2. The summed E-state index contributed by atoms with van der Waals surface area (Å²) in [6, 6.07) is 0. The SMILES string of the molecule is C=C(C)C1=CCC(C(=O)OC)(C(=O)OC)CC1=C. The normalized spacial score (nSPS) is 17.7. The van der Waals surface area contributed by atoms with Crippen molar-refractivity contribution in [1.29, 1.82) is 0 Å². The maximum atomic E-state index is 11.9. The van der Waals surface area contributed by atoms with Crippen LogP contribution in [-0.2, 0) is 19.1 Å². The molecule has 1 rings (SSSR count). The Bertz CT molecular complexity index is 427. The smallest absolute Gasteiger partial charge is 0.323 e.